The molecule has 4 saturated heterocycles. The average molecular weight is 473 g/mol. The van der Waals surface area contributed by atoms with Gasteiger partial charge in [-0.1, -0.05) is 24.3 Å². The molecule has 8 nitrogen and oxygen atoms in total. The van der Waals surface area contributed by atoms with Crippen LogP contribution in [0.15, 0.2) is 40.8 Å². The lowest BCUT2D eigenvalue weighted by molar-refractivity contribution is -0.109. The summed E-state index contributed by atoms with van der Waals surface area (Å²) in [6, 6.07) is 13.0. The second-order valence-corrected chi connectivity index (χ2v) is 11.0. The number of furan rings is 1. The van der Waals surface area contributed by atoms with Crippen LogP contribution in [0.4, 0.5) is 0 Å². The summed E-state index contributed by atoms with van der Waals surface area (Å²) in [4.78, 5) is 14.5. The highest BCUT2D eigenvalue weighted by Gasteiger charge is 2.48. The molecule has 1 amide bonds. The van der Waals surface area contributed by atoms with E-state index in [4.69, 9.17) is 14.7 Å². The van der Waals surface area contributed by atoms with Crippen molar-refractivity contribution in [3.05, 3.63) is 47.5 Å². The molecule has 33 heavy (non-hydrogen) atoms. The van der Waals surface area contributed by atoms with Crippen LogP contribution in [0, 0.1) is 5.92 Å². The summed E-state index contributed by atoms with van der Waals surface area (Å²) in [7, 11) is -3.67. The van der Waals surface area contributed by atoms with E-state index >= 15 is 0 Å². The summed E-state index contributed by atoms with van der Waals surface area (Å²) < 4.78 is 32.0. The summed E-state index contributed by atoms with van der Waals surface area (Å²) in [5, 5.41) is 12.4. The van der Waals surface area contributed by atoms with Crippen LogP contribution in [0.25, 0.3) is 21.9 Å². The number of nitrogens with zero attached hydrogens (tertiary/aromatic N) is 1. The van der Waals surface area contributed by atoms with Crippen LogP contribution in [-0.4, -0.2) is 59.9 Å². The van der Waals surface area contributed by atoms with Crippen LogP contribution >= 0.6 is 0 Å². The van der Waals surface area contributed by atoms with Crippen LogP contribution < -0.4 is 5.73 Å². The number of aliphatic hydroxyl groups excluding tert-OH is 1. The number of nitrogens with two attached hydrogens (primary N) is 1. The number of hydrogen-bond acceptors (Lipinski definition) is 6. The van der Waals surface area contributed by atoms with Gasteiger partial charge < -0.3 is 15.3 Å². The molecular weight excluding hydrogens is 444 g/mol. The maximum Gasteiger partial charge on any atom is 0.261 e. The highest BCUT2D eigenvalue weighted by molar-refractivity contribution is 7.85. The normalized spacial score (nSPS) is 30.8. The Labute approximate surface area is 192 Å². The van der Waals surface area contributed by atoms with Crippen molar-refractivity contribution in [3.8, 4) is 0 Å². The lowest BCUT2D eigenvalue weighted by Crippen LogP contribution is -2.63. The number of rotatable bonds is 2. The van der Waals surface area contributed by atoms with Crippen molar-refractivity contribution in [2.24, 2.45) is 11.7 Å². The Morgan fingerprint density at radius 2 is 1.73 bits per heavy atom. The zero-order chi connectivity index (χ0) is 23.5. The molecular formula is C24H28N2O6S. The van der Waals surface area contributed by atoms with Crippen molar-refractivity contribution >= 4 is 38.0 Å². The average Bonchev–Trinajstić information content (AvgIpc) is 3.11. The molecule has 176 valence electrons. The molecule has 0 aliphatic carbocycles. The molecule has 5 heterocycles. The third-order valence-electron chi connectivity index (χ3n) is 7.41. The lowest BCUT2D eigenvalue weighted by Gasteiger charge is -2.57. The molecule has 4 aliphatic rings. The van der Waals surface area contributed by atoms with Gasteiger partial charge in [-0.3, -0.25) is 14.2 Å². The van der Waals surface area contributed by atoms with Gasteiger partial charge in [0.05, 0.1) is 17.9 Å². The van der Waals surface area contributed by atoms with E-state index in [2.05, 4.69) is 17.0 Å². The molecule has 3 atom stereocenters. The maximum atomic E-state index is 12.0. The van der Waals surface area contributed by atoms with Crippen molar-refractivity contribution < 1.29 is 27.3 Å². The van der Waals surface area contributed by atoms with Crippen molar-refractivity contribution in [3.63, 3.8) is 0 Å². The molecule has 4 fully saturated rings. The summed E-state index contributed by atoms with van der Waals surface area (Å²) >= 11 is 0. The minimum absolute atomic E-state index is 0.150. The Morgan fingerprint density at radius 3 is 2.33 bits per heavy atom. The molecule has 0 saturated carbocycles. The number of fused-ring (bicyclic) bond motifs is 4. The monoisotopic (exact) mass is 472 g/mol. The number of para-hydroxylation sites is 1. The molecule has 0 spiro atoms. The number of benzene rings is 2. The van der Waals surface area contributed by atoms with Gasteiger partial charge in [-0.25, -0.2) is 0 Å². The van der Waals surface area contributed by atoms with E-state index < -0.39 is 16.0 Å². The number of carbonyl (C=O) groups excluding carboxylic acids is 1. The summed E-state index contributed by atoms with van der Waals surface area (Å²) in [6.45, 7) is 0.831. The minimum atomic E-state index is -3.67. The second-order valence-electron chi connectivity index (χ2n) is 9.57. The molecule has 1 aromatic heterocycles. The van der Waals surface area contributed by atoms with Crippen LogP contribution in [-0.2, 0) is 10.1 Å². The number of primary amides is 1. The molecule has 4 bridgehead atoms. The van der Waals surface area contributed by atoms with Gasteiger partial charge in [0.2, 0.25) is 0 Å². The Hall–Kier alpha value is -2.46. The van der Waals surface area contributed by atoms with Crippen molar-refractivity contribution in [2.75, 3.05) is 12.8 Å². The summed E-state index contributed by atoms with van der Waals surface area (Å²) in [5.74, 6) is 0.453. The Morgan fingerprint density at radius 1 is 1.09 bits per heavy atom. The van der Waals surface area contributed by atoms with Gasteiger partial charge in [-0.2, -0.15) is 8.42 Å². The molecule has 9 heteroatoms. The molecule has 7 rings (SSSR count). The smallest absolute Gasteiger partial charge is 0.261 e. The maximum absolute atomic E-state index is 12.0. The molecule has 2 aromatic carbocycles. The fourth-order valence-corrected chi connectivity index (χ4v) is 6.20. The first-order chi connectivity index (χ1) is 15.6. The number of piperidine rings is 4. The van der Waals surface area contributed by atoms with Crippen molar-refractivity contribution in [1.82, 2.24) is 4.90 Å². The summed E-state index contributed by atoms with van der Waals surface area (Å²) in [6.07, 6.45) is 4.97. The fourth-order valence-electron chi connectivity index (χ4n) is 6.20. The minimum Gasteiger partial charge on any atom is -0.455 e. The Bertz CT molecular complexity index is 1310. The van der Waals surface area contributed by atoms with E-state index in [-0.39, 0.29) is 6.10 Å². The molecule has 3 unspecified atom stereocenters. The number of hydrogen-bond donors (Lipinski definition) is 3. The van der Waals surface area contributed by atoms with Crippen molar-refractivity contribution in [2.45, 2.75) is 49.8 Å². The van der Waals surface area contributed by atoms with E-state index in [1.807, 2.05) is 24.3 Å². The molecule has 4 aliphatic heterocycles. The molecule has 0 radical (unpaired) electrons. The zero-order valence-corrected chi connectivity index (χ0v) is 19.2. The Balaban J connectivity index is 0.000000416. The predicted octanol–water partition coefficient (Wildman–Crippen LogP) is 2.89. The fraction of sp³-hybridized carbons (Fsp3) is 0.458. The molecule has 3 aromatic rings. The zero-order valence-electron chi connectivity index (χ0n) is 18.3. The highest BCUT2D eigenvalue weighted by atomic mass is 32.2. The number of aliphatic hydroxyl groups is 1. The van der Waals surface area contributed by atoms with Gasteiger partial charge in [0.1, 0.15) is 11.2 Å². The third kappa shape index (κ3) is 4.14. The van der Waals surface area contributed by atoms with Gasteiger partial charge in [-0.05, 0) is 55.2 Å². The van der Waals surface area contributed by atoms with E-state index in [1.54, 1.807) is 0 Å². The van der Waals surface area contributed by atoms with Gasteiger partial charge in [0.15, 0.2) is 0 Å². The van der Waals surface area contributed by atoms with Gasteiger partial charge in [0, 0.05) is 29.4 Å². The third-order valence-corrected chi connectivity index (χ3v) is 7.41. The predicted molar refractivity (Wildman–Crippen MR) is 125 cm³/mol. The van der Waals surface area contributed by atoms with Crippen LogP contribution in [0.1, 0.15) is 47.5 Å². The summed E-state index contributed by atoms with van der Waals surface area (Å²) in [5.41, 5.74) is 8.79. The second kappa shape index (κ2) is 8.09. The van der Waals surface area contributed by atoms with E-state index in [9.17, 15) is 18.3 Å². The first-order valence-electron chi connectivity index (χ1n) is 11.2. The van der Waals surface area contributed by atoms with Crippen LogP contribution in [0.2, 0.25) is 0 Å². The van der Waals surface area contributed by atoms with Crippen LogP contribution in [0.5, 0.6) is 0 Å². The highest BCUT2D eigenvalue weighted by Crippen LogP contribution is 2.49. The van der Waals surface area contributed by atoms with Gasteiger partial charge >= 0.3 is 0 Å². The van der Waals surface area contributed by atoms with Gasteiger partial charge in [0.25, 0.3) is 16.0 Å². The number of carbonyl (C=O) groups is 1. The first kappa shape index (κ1) is 22.3. The first-order valence-corrected chi connectivity index (χ1v) is 13.0. The Kier molecular flexibility index (Phi) is 5.48. The van der Waals surface area contributed by atoms with Gasteiger partial charge in [-0.15, -0.1) is 0 Å². The quantitative estimate of drug-likeness (QED) is 0.488. The number of amides is 1. The SMILES string of the molecule is CS(=O)(=O)O.NC(=O)c1ccc(C2CC3CC4CC(C2)N3CC4O)c2c1oc1ccccc12. The van der Waals surface area contributed by atoms with E-state index in [1.165, 1.54) is 5.56 Å². The van der Waals surface area contributed by atoms with E-state index in [0.717, 1.165) is 48.6 Å². The van der Waals surface area contributed by atoms with E-state index in [0.29, 0.717) is 41.3 Å². The lowest BCUT2D eigenvalue weighted by atomic mass is 9.67. The van der Waals surface area contributed by atoms with Crippen molar-refractivity contribution in [1.29, 1.82) is 0 Å². The molecule has 4 N–H and O–H groups in total. The topological polar surface area (TPSA) is 134 Å². The largest absolute Gasteiger partial charge is 0.455 e. The van der Waals surface area contributed by atoms with Crippen LogP contribution in [0.3, 0.4) is 0 Å². The standard InChI is InChI=1S/C23H24N2O3.CH4O3S/c24-23(27)18-6-5-16(21-17-3-1-2-4-20(17)28-22(18)21)12-7-14-9-13-10-15(8-12)25(14)11-19(13)26;1-5(2,3)4/h1-6,12-15,19,26H,7-11H2,(H2,24,27);1H3,(H,2,3,4).